The fourth-order valence-electron chi connectivity index (χ4n) is 5.46. The van der Waals surface area contributed by atoms with Crippen molar-refractivity contribution in [3.63, 3.8) is 0 Å². The van der Waals surface area contributed by atoms with Crippen LogP contribution in [0.15, 0.2) is 60.7 Å². The molecule has 2 heteroatoms. The molecule has 162 valence electrons. The van der Waals surface area contributed by atoms with Gasteiger partial charge in [0.2, 0.25) is 0 Å². The maximum Gasteiger partial charge on any atom is 0.0828 e. The third-order valence-corrected chi connectivity index (χ3v) is 7.11. The predicted octanol–water partition coefficient (Wildman–Crippen LogP) is 6.81. The Balaban J connectivity index is 1.35. The Kier molecular flexibility index (Phi) is 7.62. The Morgan fingerprint density at radius 3 is 2.13 bits per heavy atom. The van der Waals surface area contributed by atoms with Crippen LogP contribution in [0.2, 0.25) is 0 Å². The van der Waals surface area contributed by atoms with Gasteiger partial charge < -0.3 is 4.74 Å². The molecular formula is C28H39NO. The van der Waals surface area contributed by atoms with E-state index in [0.717, 1.165) is 30.8 Å². The van der Waals surface area contributed by atoms with E-state index in [1.165, 1.54) is 56.2 Å². The van der Waals surface area contributed by atoms with Gasteiger partial charge in [-0.1, -0.05) is 74.5 Å². The molecule has 0 saturated carbocycles. The lowest BCUT2D eigenvalue weighted by molar-refractivity contribution is -0.0662. The van der Waals surface area contributed by atoms with Crippen molar-refractivity contribution < 1.29 is 4.74 Å². The van der Waals surface area contributed by atoms with Crippen LogP contribution in [0.5, 0.6) is 0 Å². The van der Waals surface area contributed by atoms with Crippen LogP contribution in [-0.4, -0.2) is 29.6 Å². The van der Waals surface area contributed by atoms with Gasteiger partial charge in [0.05, 0.1) is 12.2 Å². The smallest absolute Gasteiger partial charge is 0.0828 e. The normalized spacial score (nSPS) is 25.0. The molecule has 2 fully saturated rings. The quantitative estimate of drug-likeness (QED) is 0.430. The minimum atomic E-state index is 0.224. The Morgan fingerprint density at radius 1 is 0.867 bits per heavy atom. The van der Waals surface area contributed by atoms with Crippen molar-refractivity contribution in [3.8, 4) is 0 Å². The summed E-state index contributed by atoms with van der Waals surface area (Å²) in [5, 5.41) is 0. The molecule has 2 nitrogen and oxygen atoms in total. The molecule has 0 spiro atoms. The Labute approximate surface area is 183 Å². The molecule has 4 atom stereocenters. The molecule has 0 aromatic heterocycles. The molecule has 2 aromatic carbocycles. The van der Waals surface area contributed by atoms with Crippen LogP contribution < -0.4 is 0 Å². The summed E-state index contributed by atoms with van der Waals surface area (Å²) in [6.45, 7) is 5.97. The van der Waals surface area contributed by atoms with Gasteiger partial charge in [-0.05, 0) is 75.0 Å². The van der Waals surface area contributed by atoms with E-state index in [4.69, 9.17) is 4.74 Å². The highest BCUT2D eigenvalue weighted by Crippen LogP contribution is 2.39. The first-order chi connectivity index (χ1) is 14.7. The zero-order chi connectivity index (χ0) is 20.8. The van der Waals surface area contributed by atoms with E-state index in [1.54, 1.807) is 0 Å². The number of benzene rings is 2. The molecule has 2 aliphatic rings. The van der Waals surface area contributed by atoms with Gasteiger partial charge in [0.25, 0.3) is 0 Å². The zero-order valence-corrected chi connectivity index (χ0v) is 18.9. The van der Waals surface area contributed by atoms with Gasteiger partial charge >= 0.3 is 0 Å². The maximum atomic E-state index is 6.84. The van der Waals surface area contributed by atoms with Crippen molar-refractivity contribution in [1.82, 2.24) is 4.90 Å². The SMILES string of the molecule is CC(C)CCN1[C@@H]2CC[C@H]1CC(OC(CCCc1ccccc1)c1ccccc1)C2. The van der Waals surface area contributed by atoms with Crippen LogP contribution in [0, 0.1) is 5.92 Å². The van der Waals surface area contributed by atoms with E-state index in [1.807, 2.05) is 0 Å². The van der Waals surface area contributed by atoms with Crippen LogP contribution in [-0.2, 0) is 11.2 Å². The molecule has 0 amide bonds. The molecule has 2 unspecified atom stereocenters. The number of ether oxygens (including phenoxy) is 1. The second-order valence-corrected chi connectivity index (χ2v) is 9.81. The van der Waals surface area contributed by atoms with Gasteiger partial charge in [0.1, 0.15) is 0 Å². The number of fused-ring (bicyclic) bond motifs is 2. The molecular weight excluding hydrogens is 366 g/mol. The van der Waals surface area contributed by atoms with Gasteiger partial charge in [-0.3, -0.25) is 4.90 Å². The number of aryl methyl sites for hydroxylation is 1. The molecule has 2 saturated heterocycles. The Bertz CT molecular complexity index is 730. The summed E-state index contributed by atoms with van der Waals surface area (Å²) in [6, 6.07) is 23.3. The van der Waals surface area contributed by atoms with Crippen molar-refractivity contribution in [2.45, 2.75) is 89.5 Å². The monoisotopic (exact) mass is 405 g/mol. The topological polar surface area (TPSA) is 12.5 Å². The van der Waals surface area contributed by atoms with Crippen LogP contribution in [0.1, 0.15) is 76.0 Å². The minimum absolute atomic E-state index is 0.224. The fourth-order valence-corrected chi connectivity index (χ4v) is 5.46. The number of nitrogens with zero attached hydrogens (tertiary/aromatic N) is 1. The average molecular weight is 406 g/mol. The van der Waals surface area contributed by atoms with Crippen molar-refractivity contribution in [2.75, 3.05) is 6.54 Å². The summed E-state index contributed by atoms with van der Waals surface area (Å²) >= 11 is 0. The van der Waals surface area contributed by atoms with Crippen molar-refractivity contribution >= 4 is 0 Å². The van der Waals surface area contributed by atoms with Gasteiger partial charge in [0.15, 0.2) is 0 Å². The van der Waals surface area contributed by atoms with Crippen LogP contribution in [0.4, 0.5) is 0 Å². The lowest BCUT2D eigenvalue weighted by Gasteiger charge is -2.40. The number of hydrogen-bond acceptors (Lipinski definition) is 2. The third-order valence-electron chi connectivity index (χ3n) is 7.11. The predicted molar refractivity (Wildman–Crippen MR) is 126 cm³/mol. The van der Waals surface area contributed by atoms with Gasteiger partial charge in [-0.2, -0.15) is 0 Å². The van der Waals surface area contributed by atoms with E-state index in [2.05, 4.69) is 79.4 Å². The molecule has 30 heavy (non-hydrogen) atoms. The zero-order valence-electron chi connectivity index (χ0n) is 18.9. The van der Waals surface area contributed by atoms with Gasteiger partial charge in [0, 0.05) is 12.1 Å². The number of hydrogen-bond donors (Lipinski definition) is 0. The average Bonchev–Trinajstić information content (AvgIpc) is 3.01. The van der Waals surface area contributed by atoms with E-state index in [9.17, 15) is 0 Å². The molecule has 2 heterocycles. The van der Waals surface area contributed by atoms with E-state index in [-0.39, 0.29) is 6.10 Å². The van der Waals surface area contributed by atoms with E-state index in [0.29, 0.717) is 6.10 Å². The minimum Gasteiger partial charge on any atom is -0.370 e. The standard InChI is InChI=1S/C28H39NO/c1-22(2)18-19-29-25-16-17-26(29)21-27(20-25)30-28(24-13-7-4-8-14-24)15-9-12-23-10-5-3-6-11-23/h3-8,10-11,13-14,22,25-28H,9,12,15-21H2,1-2H3/t25-,26+,27?,28?. The van der Waals surface area contributed by atoms with Crippen molar-refractivity contribution in [2.24, 2.45) is 5.92 Å². The van der Waals surface area contributed by atoms with Gasteiger partial charge in [-0.15, -0.1) is 0 Å². The summed E-state index contributed by atoms with van der Waals surface area (Å²) in [5.41, 5.74) is 2.78. The number of piperidine rings is 1. The first kappa shape index (κ1) is 21.6. The first-order valence-electron chi connectivity index (χ1n) is 12.2. The molecule has 0 aliphatic carbocycles. The van der Waals surface area contributed by atoms with Crippen LogP contribution in [0.25, 0.3) is 0 Å². The molecule has 4 rings (SSSR count). The fraction of sp³-hybridized carbons (Fsp3) is 0.571. The van der Waals surface area contributed by atoms with Crippen molar-refractivity contribution in [3.05, 3.63) is 71.8 Å². The summed E-state index contributed by atoms with van der Waals surface area (Å²) < 4.78 is 6.84. The van der Waals surface area contributed by atoms with E-state index < -0.39 is 0 Å². The molecule has 2 aliphatic heterocycles. The Hall–Kier alpha value is -1.64. The molecule has 0 N–H and O–H groups in total. The summed E-state index contributed by atoms with van der Waals surface area (Å²) in [6.07, 6.45) is 10.5. The van der Waals surface area contributed by atoms with Crippen molar-refractivity contribution in [1.29, 1.82) is 0 Å². The molecule has 2 bridgehead atoms. The van der Waals surface area contributed by atoms with Crippen LogP contribution in [0.3, 0.4) is 0 Å². The molecule has 0 radical (unpaired) electrons. The first-order valence-corrected chi connectivity index (χ1v) is 12.2. The summed E-state index contributed by atoms with van der Waals surface area (Å²) in [7, 11) is 0. The van der Waals surface area contributed by atoms with Crippen LogP contribution >= 0.6 is 0 Å². The highest BCUT2D eigenvalue weighted by atomic mass is 16.5. The maximum absolute atomic E-state index is 6.84. The summed E-state index contributed by atoms with van der Waals surface area (Å²) in [5.74, 6) is 0.797. The second kappa shape index (κ2) is 10.6. The largest absolute Gasteiger partial charge is 0.370 e. The van der Waals surface area contributed by atoms with Gasteiger partial charge in [-0.25, -0.2) is 0 Å². The number of rotatable bonds is 10. The lowest BCUT2D eigenvalue weighted by Crippen LogP contribution is -2.46. The highest BCUT2D eigenvalue weighted by molar-refractivity contribution is 5.18. The second-order valence-electron chi connectivity index (χ2n) is 9.81. The Morgan fingerprint density at radius 2 is 1.50 bits per heavy atom. The molecule has 2 aromatic rings. The third kappa shape index (κ3) is 5.74. The highest BCUT2D eigenvalue weighted by Gasteiger charge is 2.41. The summed E-state index contributed by atoms with van der Waals surface area (Å²) in [4.78, 5) is 2.81. The van der Waals surface area contributed by atoms with E-state index >= 15 is 0 Å². The lowest BCUT2D eigenvalue weighted by atomic mass is 9.96.